The fourth-order valence-electron chi connectivity index (χ4n) is 4.90. The zero-order chi connectivity index (χ0) is 22.7. The Labute approximate surface area is 185 Å². The molecule has 0 amide bonds. The summed E-state index contributed by atoms with van der Waals surface area (Å²) in [5.41, 5.74) is 1.92. The second-order valence-corrected chi connectivity index (χ2v) is 13.5. The summed E-state index contributed by atoms with van der Waals surface area (Å²) in [5.74, 6) is 0.937. The largest absolute Gasteiger partial charge is 0.414 e. The Balaban J connectivity index is 2.42. The van der Waals surface area contributed by atoms with Crippen LogP contribution in [-0.4, -0.2) is 20.1 Å². The van der Waals surface area contributed by atoms with E-state index in [0.717, 1.165) is 17.5 Å². The molecule has 5 heteroatoms. The normalized spacial score (nSPS) is 18.4. The number of hydrogen-bond donors (Lipinski definition) is 0. The Morgan fingerprint density at radius 3 is 2.17 bits per heavy atom. The third-order valence-electron chi connectivity index (χ3n) is 6.52. The van der Waals surface area contributed by atoms with Gasteiger partial charge in [-0.15, -0.1) is 0 Å². The van der Waals surface area contributed by atoms with Gasteiger partial charge in [0.15, 0.2) is 0 Å². The Morgan fingerprint density at radius 2 is 1.70 bits per heavy atom. The quantitative estimate of drug-likeness (QED) is 0.258. The van der Waals surface area contributed by atoms with Crippen molar-refractivity contribution >= 4 is 14.7 Å². The maximum atomic E-state index is 11.8. The fourth-order valence-corrected chi connectivity index (χ4v) is 5.80. The van der Waals surface area contributed by atoms with E-state index in [4.69, 9.17) is 4.43 Å². The smallest absolute Gasteiger partial charge is 0.273 e. The topological polar surface area (TPSA) is 52.4 Å². The van der Waals surface area contributed by atoms with Gasteiger partial charge in [0.05, 0.1) is 11.0 Å². The average molecular weight is 433 g/mol. The minimum atomic E-state index is -0.832. The van der Waals surface area contributed by atoms with E-state index in [2.05, 4.69) is 39.9 Å². The van der Waals surface area contributed by atoms with Gasteiger partial charge >= 0.3 is 0 Å². The lowest BCUT2D eigenvalue weighted by molar-refractivity contribution is -0.386. The minimum absolute atomic E-state index is 0.0664. The molecule has 1 aromatic carbocycles. The van der Waals surface area contributed by atoms with Crippen molar-refractivity contribution in [2.75, 3.05) is 0 Å². The van der Waals surface area contributed by atoms with Gasteiger partial charge in [-0.05, 0) is 60.6 Å². The molecule has 0 spiro atoms. The molecule has 1 aromatic rings. The van der Waals surface area contributed by atoms with E-state index in [1.54, 1.807) is 0 Å². The van der Waals surface area contributed by atoms with Crippen LogP contribution in [0.15, 0.2) is 18.2 Å². The summed E-state index contributed by atoms with van der Waals surface area (Å²) in [6.45, 7) is 17.4. The molecular formula is C25H42NO3Si. The van der Waals surface area contributed by atoms with Crippen LogP contribution >= 0.6 is 0 Å². The molecule has 2 rings (SSSR count). The van der Waals surface area contributed by atoms with Crippen molar-refractivity contribution in [3.8, 4) is 0 Å². The van der Waals surface area contributed by atoms with E-state index in [1.807, 2.05) is 32.9 Å². The summed E-state index contributed by atoms with van der Waals surface area (Å²) >= 11 is 0. The van der Waals surface area contributed by atoms with Crippen LogP contribution in [0.2, 0.25) is 13.1 Å². The van der Waals surface area contributed by atoms with Crippen molar-refractivity contribution < 1.29 is 9.35 Å². The molecule has 4 nitrogen and oxygen atoms in total. The van der Waals surface area contributed by atoms with Crippen LogP contribution in [0.1, 0.15) is 84.8 Å². The first-order chi connectivity index (χ1) is 13.8. The molecule has 0 aliphatic heterocycles. The van der Waals surface area contributed by atoms with Crippen LogP contribution < -0.4 is 0 Å². The van der Waals surface area contributed by atoms with Crippen molar-refractivity contribution in [2.45, 2.75) is 105 Å². The first-order valence-corrected chi connectivity index (χ1v) is 14.0. The van der Waals surface area contributed by atoms with Gasteiger partial charge in [0.1, 0.15) is 0 Å². The molecule has 0 saturated heterocycles. The van der Waals surface area contributed by atoms with Gasteiger partial charge in [0.25, 0.3) is 5.69 Å². The molecule has 169 valence electrons. The van der Waals surface area contributed by atoms with E-state index in [9.17, 15) is 10.1 Å². The first kappa shape index (κ1) is 25.1. The summed E-state index contributed by atoms with van der Waals surface area (Å²) in [4.78, 5) is 11.6. The van der Waals surface area contributed by atoms with Crippen molar-refractivity contribution in [3.05, 3.63) is 39.4 Å². The maximum Gasteiger partial charge on any atom is 0.273 e. The van der Waals surface area contributed by atoms with Gasteiger partial charge < -0.3 is 4.43 Å². The summed E-state index contributed by atoms with van der Waals surface area (Å²) in [6.07, 6.45) is 7.47. The van der Waals surface area contributed by atoms with Gasteiger partial charge in [-0.25, -0.2) is 0 Å². The molecule has 2 unspecified atom stereocenters. The van der Waals surface area contributed by atoms with Crippen LogP contribution in [0.25, 0.3) is 0 Å². The number of hydrogen-bond acceptors (Lipinski definition) is 3. The molecule has 0 heterocycles. The third kappa shape index (κ3) is 6.65. The predicted octanol–water partition coefficient (Wildman–Crippen LogP) is 7.31. The molecule has 2 atom stereocenters. The lowest BCUT2D eigenvalue weighted by atomic mass is 9.68. The van der Waals surface area contributed by atoms with Crippen molar-refractivity contribution in [2.24, 2.45) is 17.3 Å². The molecule has 1 aliphatic rings. The Morgan fingerprint density at radius 1 is 1.10 bits per heavy atom. The maximum absolute atomic E-state index is 11.8. The van der Waals surface area contributed by atoms with Crippen LogP contribution in [0.5, 0.6) is 0 Å². The highest BCUT2D eigenvalue weighted by molar-refractivity contribution is 6.48. The predicted molar refractivity (Wildman–Crippen MR) is 127 cm³/mol. The van der Waals surface area contributed by atoms with Crippen molar-refractivity contribution in [3.63, 3.8) is 0 Å². The molecule has 1 radical (unpaired) electrons. The zero-order valence-electron chi connectivity index (χ0n) is 20.4. The zero-order valence-corrected chi connectivity index (χ0v) is 21.4. The molecule has 1 fully saturated rings. The summed E-state index contributed by atoms with van der Waals surface area (Å²) in [7, 11) is -0.832. The summed E-state index contributed by atoms with van der Waals surface area (Å²) in [5, 5.41) is 11.8. The highest BCUT2D eigenvalue weighted by Crippen LogP contribution is 2.41. The number of rotatable bonds is 7. The Hall–Kier alpha value is -1.20. The monoisotopic (exact) mass is 432 g/mol. The molecular weight excluding hydrogens is 390 g/mol. The van der Waals surface area contributed by atoms with Crippen LogP contribution in [0.4, 0.5) is 5.69 Å². The van der Waals surface area contributed by atoms with E-state index in [-0.39, 0.29) is 27.5 Å². The standard InChI is InChI=1S/C25H42NO3Si/c1-24(2,3)20-15-14-18(17-22(20)26(27)28)16-21(25(4,5)6)23(29-30(7)8)19-12-10-9-11-13-19/h14-15,17,19,21,23H,9-13,16H2,1-8H3. The second kappa shape index (κ2) is 9.95. The number of benzene rings is 1. The Bertz CT molecular complexity index is 712. The van der Waals surface area contributed by atoms with Crippen LogP contribution in [-0.2, 0) is 16.3 Å². The molecule has 0 bridgehead atoms. The van der Waals surface area contributed by atoms with Crippen LogP contribution in [0.3, 0.4) is 0 Å². The average Bonchev–Trinajstić information content (AvgIpc) is 2.63. The van der Waals surface area contributed by atoms with E-state index in [1.165, 1.54) is 32.1 Å². The molecule has 0 N–H and O–H groups in total. The number of nitrogens with zero attached hydrogens (tertiary/aromatic N) is 1. The van der Waals surface area contributed by atoms with Crippen molar-refractivity contribution in [1.29, 1.82) is 0 Å². The molecule has 1 saturated carbocycles. The second-order valence-electron chi connectivity index (χ2n) is 11.4. The lowest BCUT2D eigenvalue weighted by Gasteiger charge is -2.43. The summed E-state index contributed by atoms with van der Waals surface area (Å²) < 4.78 is 6.67. The SMILES string of the molecule is C[Si](C)OC(C1CCCCC1)C(Cc1ccc(C(C)(C)C)c([N+](=O)[O-])c1)C(C)(C)C. The van der Waals surface area contributed by atoms with Gasteiger partial charge in [0.2, 0.25) is 9.04 Å². The Kier molecular flexibility index (Phi) is 8.31. The highest BCUT2D eigenvalue weighted by atomic mass is 28.3. The van der Waals surface area contributed by atoms with Gasteiger partial charge in [-0.3, -0.25) is 10.1 Å². The highest BCUT2D eigenvalue weighted by Gasteiger charge is 2.39. The molecule has 30 heavy (non-hydrogen) atoms. The van der Waals surface area contributed by atoms with Crippen molar-refractivity contribution in [1.82, 2.24) is 0 Å². The van der Waals surface area contributed by atoms with Gasteiger partial charge in [-0.1, -0.05) is 72.9 Å². The lowest BCUT2D eigenvalue weighted by Crippen LogP contribution is -2.43. The molecule has 0 aromatic heterocycles. The fraction of sp³-hybridized carbons (Fsp3) is 0.760. The first-order valence-electron chi connectivity index (χ1n) is 11.6. The van der Waals surface area contributed by atoms with Gasteiger partial charge in [-0.2, -0.15) is 0 Å². The van der Waals surface area contributed by atoms with Crippen LogP contribution in [0, 0.1) is 27.4 Å². The van der Waals surface area contributed by atoms with Gasteiger partial charge in [0, 0.05) is 11.6 Å². The van der Waals surface area contributed by atoms with E-state index < -0.39 is 9.04 Å². The summed E-state index contributed by atoms with van der Waals surface area (Å²) in [6, 6.07) is 5.90. The van der Waals surface area contributed by atoms with E-state index in [0.29, 0.717) is 11.8 Å². The molecule has 1 aliphatic carbocycles. The third-order valence-corrected chi connectivity index (χ3v) is 7.26. The number of nitro benzene ring substituents is 1. The minimum Gasteiger partial charge on any atom is -0.414 e. The number of nitro groups is 1. The van der Waals surface area contributed by atoms with E-state index >= 15 is 0 Å².